The van der Waals surface area contributed by atoms with E-state index in [0.717, 1.165) is 5.56 Å². The number of esters is 1. The lowest BCUT2D eigenvalue weighted by molar-refractivity contribution is 0.0600. The van der Waals surface area contributed by atoms with Crippen molar-refractivity contribution in [2.24, 2.45) is 0 Å². The number of ether oxygens (including phenoxy) is 1. The Labute approximate surface area is 146 Å². The van der Waals surface area contributed by atoms with Gasteiger partial charge in [-0.3, -0.25) is 10.1 Å². The summed E-state index contributed by atoms with van der Waals surface area (Å²) in [6, 6.07) is 14.2. The van der Waals surface area contributed by atoms with E-state index < -0.39 is 5.97 Å². The highest BCUT2D eigenvalue weighted by Crippen LogP contribution is 2.06. The van der Waals surface area contributed by atoms with Crippen molar-refractivity contribution < 1.29 is 14.3 Å². The van der Waals surface area contributed by atoms with Crippen LogP contribution >= 0.6 is 12.2 Å². The summed E-state index contributed by atoms with van der Waals surface area (Å²) in [5, 5.41) is 5.84. The summed E-state index contributed by atoms with van der Waals surface area (Å²) >= 11 is 5.12. The Kier molecular flexibility index (Phi) is 6.03. The van der Waals surface area contributed by atoms with E-state index in [0.29, 0.717) is 17.7 Å². The molecule has 0 fully saturated rings. The molecule has 0 unspecified atom stereocenters. The van der Waals surface area contributed by atoms with E-state index >= 15 is 0 Å². The van der Waals surface area contributed by atoms with Crippen molar-refractivity contribution in [3.05, 3.63) is 70.8 Å². The zero-order valence-electron chi connectivity index (χ0n) is 13.5. The van der Waals surface area contributed by atoms with Crippen LogP contribution in [0.4, 0.5) is 0 Å². The Morgan fingerprint density at radius 3 is 2.17 bits per heavy atom. The van der Waals surface area contributed by atoms with E-state index in [1.54, 1.807) is 12.1 Å². The molecule has 6 heteroatoms. The van der Waals surface area contributed by atoms with Gasteiger partial charge in [0.05, 0.1) is 12.7 Å². The molecule has 124 valence electrons. The lowest BCUT2D eigenvalue weighted by Gasteiger charge is -2.10. The van der Waals surface area contributed by atoms with Gasteiger partial charge in [-0.05, 0) is 49.0 Å². The molecule has 0 aliphatic heterocycles. The average molecular weight is 342 g/mol. The molecule has 2 rings (SSSR count). The lowest BCUT2D eigenvalue weighted by atomic mass is 10.1. The first kappa shape index (κ1) is 17.6. The lowest BCUT2D eigenvalue weighted by Crippen LogP contribution is -2.38. The highest BCUT2D eigenvalue weighted by Gasteiger charge is 2.10. The molecular weight excluding hydrogens is 324 g/mol. The second-order valence-electron chi connectivity index (χ2n) is 5.19. The van der Waals surface area contributed by atoms with Crippen LogP contribution in [0.2, 0.25) is 0 Å². The van der Waals surface area contributed by atoms with E-state index in [4.69, 9.17) is 12.2 Å². The predicted molar refractivity (Wildman–Crippen MR) is 95.9 cm³/mol. The second-order valence-corrected chi connectivity index (χ2v) is 5.60. The summed E-state index contributed by atoms with van der Waals surface area (Å²) in [6.07, 6.45) is 0. The fraction of sp³-hybridized carbons (Fsp3) is 0.167. The number of carbonyl (C=O) groups is 2. The van der Waals surface area contributed by atoms with E-state index in [2.05, 4.69) is 15.4 Å². The highest BCUT2D eigenvalue weighted by molar-refractivity contribution is 7.80. The molecule has 0 saturated heterocycles. The Hall–Kier alpha value is -2.73. The van der Waals surface area contributed by atoms with Crippen LogP contribution < -0.4 is 10.6 Å². The number of hydrogen-bond acceptors (Lipinski definition) is 4. The van der Waals surface area contributed by atoms with Gasteiger partial charge in [0.25, 0.3) is 5.91 Å². The number of amides is 1. The third-order valence-electron chi connectivity index (χ3n) is 3.37. The quantitative estimate of drug-likeness (QED) is 0.660. The molecule has 0 radical (unpaired) electrons. The Bertz CT molecular complexity index is 740. The van der Waals surface area contributed by atoms with Crippen molar-refractivity contribution in [2.75, 3.05) is 7.11 Å². The summed E-state index contributed by atoms with van der Waals surface area (Å²) in [7, 11) is 1.31. The highest BCUT2D eigenvalue weighted by atomic mass is 32.1. The van der Waals surface area contributed by atoms with Gasteiger partial charge in [0.2, 0.25) is 0 Å². The molecule has 0 heterocycles. The van der Waals surface area contributed by atoms with Gasteiger partial charge in [-0.15, -0.1) is 0 Å². The fourth-order valence-corrected chi connectivity index (χ4v) is 2.15. The summed E-state index contributed by atoms with van der Waals surface area (Å²) in [4.78, 5) is 23.5. The minimum Gasteiger partial charge on any atom is -0.465 e. The minimum atomic E-state index is -0.447. The van der Waals surface area contributed by atoms with Gasteiger partial charge in [0.1, 0.15) is 0 Å². The SMILES string of the molecule is COC(=O)c1ccc(C(=O)NC(=S)NCc2ccc(C)cc2)cc1. The van der Waals surface area contributed by atoms with Crippen LogP contribution in [0.25, 0.3) is 0 Å². The van der Waals surface area contributed by atoms with Gasteiger partial charge in [-0.25, -0.2) is 4.79 Å². The average Bonchev–Trinajstić information content (AvgIpc) is 2.60. The molecule has 0 spiro atoms. The topological polar surface area (TPSA) is 67.4 Å². The van der Waals surface area contributed by atoms with Gasteiger partial charge in [0, 0.05) is 12.1 Å². The third-order valence-corrected chi connectivity index (χ3v) is 3.62. The van der Waals surface area contributed by atoms with E-state index in [1.165, 1.54) is 24.8 Å². The van der Waals surface area contributed by atoms with Crippen molar-refractivity contribution >= 4 is 29.2 Å². The van der Waals surface area contributed by atoms with Gasteiger partial charge in [-0.1, -0.05) is 29.8 Å². The first-order chi connectivity index (χ1) is 11.5. The molecule has 2 N–H and O–H groups in total. The fourth-order valence-electron chi connectivity index (χ4n) is 1.98. The summed E-state index contributed by atoms with van der Waals surface area (Å²) < 4.78 is 4.61. The van der Waals surface area contributed by atoms with Gasteiger partial charge >= 0.3 is 5.97 Å². The van der Waals surface area contributed by atoms with E-state index in [9.17, 15) is 9.59 Å². The normalized spacial score (nSPS) is 9.92. The second kappa shape index (κ2) is 8.21. The van der Waals surface area contributed by atoms with E-state index in [-0.39, 0.29) is 11.0 Å². The van der Waals surface area contributed by atoms with Crippen LogP contribution in [-0.4, -0.2) is 24.1 Å². The molecule has 0 aromatic heterocycles. The maximum absolute atomic E-state index is 12.1. The van der Waals surface area contributed by atoms with Gasteiger partial charge in [0.15, 0.2) is 5.11 Å². The van der Waals surface area contributed by atoms with Crippen molar-refractivity contribution in [2.45, 2.75) is 13.5 Å². The van der Waals surface area contributed by atoms with Crippen LogP contribution in [-0.2, 0) is 11.3 Å². The largest absolute Gasteiger partial charge is 0.465 e. The predicted octanol–water partition coefficient (Wildman–Crippen LogP) is 2.59. The number of rotatable bonds is 4. The first-order valence-corrected chi connectivity index (χ1v) is 7.73. The number of benzene rings is 2. The monoisotopic (exact) mass is 342 g/mol. The third kappa shape index (κ3) is 4.89. The van der Waals surface area contributed by atoms with Gasteiger partial charge < -0.3 is 10.1 Å². The zero-order chi connectivity index (χ0) is 17.5. The van der Waals surface area contributed by atoms with Crippen molar-refractivity contribution in [1.82, 2.24) is 10.6 Å². The molecule has 0 saturated carbocycles. The molecule has 1 amide bonds. The summed E-state index contributed by atoms with van der Waals surface area (Å²) in [5.74, 6) is -0.787. The number of carbonyl (C=O) groups excluding carboxylic acids is 2. The summed E-state index contributed by atoms with van der Waals surface area (Å²) in [5.41, 5.74) is 3.04. The van der Waals surface area contributed by atoms with Crippen LogP contribution in [0.15, 0.2) is 48.5 Å². The number of hydrogen-bond donors (Lipinski definition) is 2. The number of aryl methyl sites for hydroxylation is 1. The molecule has 5 nitrogen and oxygen atoms in total. The smallest absolute Gasteiger partial charge is 0.337 e. The van der Waals surface area contributed by atoms with Gasteiger partial charge in [-0.2, -0.15) is 0 Å². The molecule has 0 aliphatic carbocycles. The molecular formula is C18H18N2O3S. The Morgan fingerprint density at radius 1 is 1.00 bits per heavy atom. The maximum Gasteiger partial charge on any atom is 0.337 e. The summed E-state index contributed by atoms with van der Waals surface area (Å²) in [6.45, 7) is 2.55. The maximum atomic E-state index is 12.1. The van der Waals surface area contributed by atoms with Crippen LogP contribution in [0.1, 0.15) is 31.8 Å². The first-order valence-electron chi connectivity index (χ1n) is 7.32. The van der Waals surface area contributed by atoms with Crippen LogP contribution in [0, 0.1) is 6.92 Å². The molecule has 0 aliphatic rings. The van der Waals surface area contributed by atoms with Crippen molar-refractivity contribution in [1.29, 1.82) is 0 Å². The Balaban J connectivity index is 1.88. The standard InChI is InChI=1S/C18H18N2O3S/c1-12-3-5-13(6-4-12)11-19-18(24)20-16(21)14-7-9-15(10-8-14)17(22)23-2/h3-10H,11H2,1-2H3,(H2,19,20,21,24). The molecule has 2 aromatic rings. The Morgan fingerprint density at radius 2 is 1.58 bits per heavy atom. The number of nitrogens with one attached hydrogen (secondary N) is 2. The van der Waals surface area contributed by atoms with E-state index in [1.807, 2.05) is 31.2 Å². The van der Waals surface area contributed by atoms with Crippen LogP contribution in [0.3, 0.4) is 0 Å². The molecule has 2 aromatic carbocycles. The number of thiocarbonyl (C=S) groups is 1. The molecule has 0 bridgehead atoms. The molecule has 0 atom stereocenters. The van der Waals surface area contributed by atoms with Crippen molar-refractivity contribution in [3.8, 4) is 0 Å². The van der Waals surface area contributed by atoms with Crippen LogP contribution in [0.5, 0.6) is 0 Å². The minimum absolute atomic E-state index is 0.248. The van der Waals surface area contributed by atoms with Crippen molar-refractivity contribution in [3.63, 3.8) is 0 Å². The molecule has 24 heavy (non-hydrogen) atoms. The number of methoxy groups -OCH3 is 1. The zero-order valence-corrected chi connectivity index (χ0v) is 14.3.